The molecule has 5 heteroatoms. The third-order valence-corrected chi connectivity index (χ3v) is 6.62. The van der Waals surface area contributed by atoms with E-state index in [2.05, 4.69) is 24.0 Å². The van der Waals surface area contributed by atoms with E-state index in [4.69, 9.17) is 5.14 Å². The zero-order valence-corrected chi connectivity index (χ0v) is 19.0. The number of nitrogens with two attached hydrogens (primary N) is 1. The van der Waals surface area contributed by atoms with E-state index in [1.165, 1.54) is 95.5 Å². The maximum Gasteiger partial charge on any atom is 0.253 e. The number of aryl methyl sites for hydroxylation is 1. The normalized spacial score (nSPS) is 12.1. The van der Waals surface area contributed by atoms with Gasteiger partial charge in [0.05, 0.1) is 0 Å². The minimum absolute atomic E-state index is 0.0844. The van der Waals surface area contributed by atoms with E-state index in [0.29, 0.717) is 0 Å². The Bertz CT molecular complexity index is 811. The smallest absolute Gasteiger partial charge is 0.253 e. The lowest BCUT2D eigenvalue weighted by molar-refractivity contribution is 0.535. The first-order valence-corrected chi connectivity index (χ1v) is 13.2. The highest BCUT2D eigenvalue weighted by Crippen LogP contribution is 2.21. The predicted molar refractivity (Wildman–Crippen MR) is 124 cm³/mol. The van der Waals surface area contributed by atoms with Crippen LogP contribution in [0.5, 0.6) is 0 Å². The molecule has 0 saturated heterocycles. The van der Waals surface area contributed by atoms with Gasteiger partial charge in [0.25, 0.3) is 10.0 Å². The number of unbranched alkanes of at least 4 members (excludes halogenated alkanes) is 13. The Morgan fingerprint density at radius 2 is 1.28 bits per heavy atom. The molecule has 0 bridgehead atoms. The van der Waals surface area contributed by atoms with Gasteiger partial charge < -0.3 is 4.98 Å². The minimum Gasteiger partial charge on any atom is -0.345 e. The van der Waals surface area contributed by atoms with Crippen LogP contribution in [0.2, 0.25) is 0 Å². The highest BCUT2D eigenvalue weighted by Gasteiger charge is 2.11. The van der Waals surface area contributed by atoms with Crippen molar-refractivity contribution in [2.75, 3.05) is 0 Å². The molecule has 0 saturated carbocycles. The van der Waals surface area contributed by atoms with Gasteiger partial charge in [0.1, 0.15) is 5.03 Å². The van der Waals surface area contributed by atoms with Crippen LogP contribution in [0.1, 0.15) is 102 Å². The van der Waals surface area contributed by atoms with Gasteiger partial charge in [-0.05, 0) is 36.6 Å². The molecular weight excluding hydrogens is 380 g/mol. The number of primary sulfonamides is 1. The molecule has 0 aliphatic rings. The molecule has 2 rings (SSSR count). The van der Waals surface area contributed by atoms with Crippen LogP contribution < -0.4 is 5.14 Å². The Morgan fingerprint density at radius 1 is 0.759 bits per heavy atom. The van der Waals surface area contributed by atoms with Crippen LogP contribution in [0, 0.1) is 0 Å². The molecule has 4 nitrogen and oxygen atoms in total. The Labute approximate surface area is 177 Å². The first-order chi connectivity index (χ1) is 14.0. The summed E-state index contributed by atoms with van der Waals surface area (Å²) in [6.45, 7) is 2.27. The summed E-state index contributed by atoms with van der Waals surface area (Å²) in [6, 6.07) is 7.72. The van der Waals surface area contributed by atoms with Gasteiger partial charge in [0, 0.05) is 10.9 Å². The molecule has 1 aromatic carbocycles. The van der Waals surface area contributed by atoms with Crippen molar-refractivity contribution in [1.29, 1.82) is 0 Å². The highest BCUT2D eigenvalue weighted by molar-refractivity contribution is 7.89. The van der Waals surface area contributed by atoms with Crippen LogP contribution in [0.4, 0.5) is 0 Å². The number of H-pyrrole nitrogens is 1. The highest BCUT2D eigenvalue weighted by atomic mass is 32.2. The number of benzene rings is 1. The lowest BCUT2D eigenvalue weighted by atomic mass is 10.0. The average molecular weight is 421 g/mol. The predicted octanol–water partition coefficient (Wildman–Crippen LogP) is 6.84. The number of aromatic amines is 1. The second kappa shape index (κ2) is 13.1. The van der Waals surface area contributed by atoms with Gasteiger partial charge >= 0.3 is 0 Å². The summed E-state index contributed by atoms with van der Waals surface area (Å²) in [5, 5.41) is 6.19. The summed E-state index contributed by atoms with van der Waals surface area (Å²) in [7, 11) is -3.68. The Morgan fingerprint density at radius 3 is 1.79 bits per heavy atom. The van der Waals surface area contributed by atoms with Crippen molar-refractivity contribution >= 4 is 20.9 Å². The Hall–Kier alpha value is -1.33. The molecule has 0 atom stereocenters. The number of aromatic nitrogens is 1. The summed E-state index contributed by atoms with van der Waals surface area (Å²) < 4.78 is 22.9. The quantitative estimate of drug-likeness (QED) is 0.292. The molecule has 0 fully saturated rings. The second-order valence-corrected chi connectivity index (χ2v) is 9.98. The van der Waals surface area contributed by atoms with E-state index in [9.17, 15) is 8.42 Å². The largest absolute Gasteiger partial charge is 0.345 e. The Kier molecular flexibility index (Phi) is 10.8. The van der Waals surface area contributed by atoms with E-state index in [-0.39, 0.29) is 5.03 Å². The van der Waals surface area contributed by atoms with Crippen molar-refractivity contribution in [3.05, 3.63) is 29.8 Å². The summed E-state index contributed by atoms with van der Waals surface area (Å²) in [5.41, 5.74) is 2.08. The van der Waals surface area contributed by atoms with Crippen molar-refractivity contribution in [2.24, 2.45) is 5.14 Å². The first kappa shape index (κ1) is 23.9. The third kappa shape index (κ3) is 9.35. The van der Waals surface area contributed by atoms with Crippen molar-refractivity contribution in [1.82, 2.24) is 4.98 Å². The summed E-state index contributed by atoms with van der Waals surface area (Å²) >= 11 is 0. The zero-order valence-electron chi connectivity index (χ0n) is 18.2. The number of hydrogen-bond acceptors (Lipinski definition) is 2. The SMILES string of the molecule is CCCCCCCCCCCCCCCCc1ccc2[nH]c(S(N)(=O)=O)cc2c1. The molecule has 0 radical (unpaired) electrons. The van der Waals surface area contributed by atoms with Gasteiger partial charge in [0.2, 0.25) is 0 Å². The van der Waals surface area contributed by atoms with Crippen LogP contribution in [-0.4, -0.2) is 13.4 Å². The van der Waals surface area contributed by atoms with E-state index in [1.54, 1.807) is 6.07 Å². The number of sulfonamides is 1. The van der Waals surface area contributed by atoms with Crippen molar-refractivity contribution < 1.29 is 8.42 Å². The molecular formula is C24H40N2O2S. The molecule has 0 amide bonds. The van der Waals surface area contributed by atoms with Gasteiger partial charge in [-0.2, -0.15) is 0 Å². The van der Waals surface area contributed by atoms with E-state index in [0.717, 1.165) is 17.3 Å². The molecule has 0 spiro atoms. The lowest BCUT2D eigenvalue weighted by Gasteiger charge is -2.04. The van der Waals surface area contributed by atoms with Crippen molar-refractivity contribution in [3.8, 4) is 0 Å². The fraction of sp³-hybridized carbons (Fsp3) is 0.667. The molecule has 0 unspecified atom stereocenters. The molecule has 1 heterocycles. The third-order valence-electron chi connectivity index (χ3n) is 5.79. The van der Waals surface area contributed by atoms with E-state index >= 15 is 0 Å². The van der Waals surface area contributed by atoms with Gasteiger partial charge in [-0.1, -0.05) is 96.5 Å². The van der Waals surface area contributed by atoms with Crippen molar-refractivity contribution in [2.45, 2.75) is 108 Å². The fourth-order valence-corrected chi connectivity index (χ4v) is 4.53. The van der Waals surface area contributed by atoms with E-state index < -0.39 is 10.0 Å². The minimum atomic E-state index is -3.68. The summed E-state index contributed by atoms with van der Waals surface area (Å²) in [4.78, 5) is 2.87. The maximum absolute atomic E-state index is 11.5. The average Bonchev–Trinajstić information content (AvgIpc) is 3.12. The summed E-state index contributed by atoms with van der Waals surface area (Å²) in [6.07, 6.45) is 20.2. The van der Waals surface area contributed by atoms with Crippen LogP contribution in [0.3, 0.4) is 0 Å². The number of hydrogen-bond donors (Lipinski definition) is 2. The van der Waals surface area contributed by atoms with Crippen LogP contribution in [0.25, 0.3) is 10.9 Å². The molecule has 0 aliphatic heterocycles. The summed E-state index contributed by atoms with van der Waals surface area (Å²) in [5.74, 6) is 0. The first-order valence-electron chi connectivity index (χ1n) is 11.6. The topological polar surface area (TPSA) is 76.0 Å². The molecule has 164 valence electrons. The van der Waals surface area contributed by atoms with Gasteiger partial charge in [-0.15, -0.1) is 0 Å². The van der Waals surface area contributed by atoms with Crippen LogP contribution in [0.15, 0.2) is 29.3 Å². The van der Waals surface area contributed by atoms with Crippen LogP contribution in [-0.2, 0) is 16.4 Å². The molecule has 1 aromatic heterocycles. The lowest BCUT2D eigenvalue weighted by Crippen LogP contribution is -2.12. The standard InChI is InChI=1S/C24H40N2O2S/c1-2-3-4-5-6-7-8-9-10-11-12-13-14-15-16-21-17-18-23-22(19-21)20-24(26-23)29(25,27)28/h17-20,26H,2-16H2,1H3,(H2,25,27,28). The molecule has 0 aliphatic carbocycles. The molecule has 3 N–H and O–H groups in total. The fourth-order valence-electron chi connectivity index (χ4n) is 3.99. The monoisotopic (exact) mass is 420 g/mol. The number of nitrogens with one attached hydrogen (secondary N) is 1. The maximum atomic E-state index is 11.5. The number of rotatable bonds is 16. The van der Waals surface area contributed by atoms with E-state index in [1.807, 2.05) is 6.07 Å². The van der Waals surface area contributed by atoms with Crippen LogP contribution >= 0.6 is 0 Å². The second-order valence-electron chi connectivity index (χ2n) is 8.45. The van der Waals surface area contributed by atoms with Gasteiger partial charge in [-0.3, -0.25) is 0 Å². The number of fused-ring (bicyclic) bond motifs is 1. The van der Waals surface area contributed by atoms with Gasteiger partial charge in [0.15, 0.2) is 0 Å². The zero-order chi connectivity index (χ0) is 21.0. The Balaban J connectivity index is 1.50. The van der Waals surface area contributed by atoms with Gasteiger partial charge in [-0.25, -0.2) is 13.6 Å². The molecule has 29 heavy (non-hydrogen) atoms. The molecule has 2 aromatic rings. The van der Waals surface area contributed by atoms with Crippen molar-refractivity contribution in [3.63, 3.8) is 0 Å².